The van der Waals surface area contributed by atoms with Crippen molar-refractivity contribution in [3.05, 3.63) is 0 Å². The van der Waals surface area contributed by atoms with Crippen molar-refractivity contribution in [3.8, 4) is 0 Å². The van der Waals surface area contributed by atoms with Gasteiger partial charge in [0.05, 0.1) is 12.7 Å². The van der Waals surface area contributed by atoms with Gasteiger partial charge < -0.3 is 10.1 Å². The molecule has 21 heavy (non-hydrogen) atoms. The Morgan fingerprint density at radius 1 is 1.29 bits per heavy atom. The minimum absolute atomic E-state index is 0.214. The van der Waals surface area contributed by atoms with Gasteiger partial charge in [0.2, 0.25) is 0 Å². The van der Waals surface area contributed by atoms with Crippen LogP contribution in [0.1, 0.15) is 60.3 Å². The molecule has 2 rings (SSSR count). The molecule has 1 saturated carbocycles. The molecule has 1 aliphatic carbocycles. The molecule has 3 unspecified atom stereocenters. The Labute approximate surface area is 131 Å². The molecule has 0 spiro atoms. The van der Waals surface area contributed by atoms with Gasteiger partial charge in [0, 0.05) is 31.7 Å². The van der Waals surface area contributed by atoms with Gasteiger partial charge in [-0.05, 0) is 51.9 Å². The van der Waals surface area contributed by atoms with E-state index in [2.05, 4.69) is 44.8 Å². The highest BCUT2D eigenvalue weighted by Gasteiger charge is 2.37. The van der Waals surface area contributed by atoms with Crippen LogP contribution < -0.4 is 5.32 Å². The number of hydrogen-bond acceptors (Lipinski definition) is 3. The first-order valence-electron chi connectivity index (χ1n) is 8.87. The number of hydrogen-bond donors (Lipinski definition) is 1. The van der Waals surface area contributed by atoms with E-state index in [1.165, 1.54) is 32.2 Å². The summed E-state index contributed by atoms with van der Waals surface area (Å²) >= 11 is 0. The van der Waals surface area contributed by atoms with Gasteiger partial charge in [-0.15, -0.1) is 0 Å². The molecule has 0 amide bonds. The molecule has 3 nitrogen and oxygen atoms in total. The monoisotopic (exact) mass is 296 g/mol. The van der Waals surface area contributed by atoms with E-state index in [9.17, 15) is 0 Å². The van der Waals surface area contributed by atoms with Crippen molar-refractivity contribution in [3.63, 3.8) is 0 Å². The van der Waals surface area contributed by atoms with E-state index in [-0.39, 0.29) is 5.54 Å². The van der Waals surface area contributed by atoms with Crippen LogP contribution in [0.25, 0.3) is 0 Å². The predicted octanol–water partition coefficient (Wildman–Crippen LogP) is 3.29. The third-order valence-electron chi connectivity index (χ3n) is 5.06. The van der Waals surface area contributed by atoms with Crippen LogP contribution in [0.5, 0.6) is 0 Å². The summed E-state index contributed by atoms with van der Waals surface area (Å²) in [6, 6.07) is 0. The molecule has 0 bridgehead atoms. The second-order valence-corrected chi connectivity index (χ2v) is 8.72. The van der Waals surface area contributed by atoms with E-state index in [0.717, 1.165) is 32.2 Å². The summed E-state index contributed by atoms with van der Waals surface area (Å²) in [5.41, 5.74) is 0.675. The molecule has 0 aromatic rings. The molecule has 0 aromatic heterocycles. The summed E-state index contributed by atoms with van der Waals surface area (Å²) in [5, 5.41) is 3.80. The molecule has 2 fully saturated rings. The van der Waals surface area contributed by atoms with Crippen LogP contribution in [-0.2, 0) is 4.74 Å². The van der Waals surface area contributed by atoms with E-state index in [4.69, 9.17) is 4.74 Å². The van der Waals surface area contributed by atoms with Crippen molar-refractivity contribution in [2.75, 3.05) is 32.8 Å². The van der Waals surface area contributed by atoms with Crippen molar-refractivity contribution < 1.29 is 4.74 Å². The summed E-state index contributed by atoms with van der Waals surface area (Å²) in [7, 11) is 0. The summed E-state index contributed by atoms with van der Waals surface area (Å²) in [4.78, 5) is 2.65. The highest BCUT2D eigenvalue weighted by molar-refractivity contribution is 4.92. The maximum Gasteiger partial charge on any atom is 0.0674 e. The topological polar surface area (TPSA) is 24.5 Å². The molecule has 0 aromatic carbocycles. The molecule has 124 valence electrons. The number of nitrogens with one attached hydrogen (secondary N) is 1. The van der Waals surface area contributed by atoms with Gasteiger partial charge in [-0.3, -0.25) is 4.90 Å². The summed E-state index contributed by atoms with van der Waals surface area (Å²) in [5.74, 6) is 0.874. The fourth-order valence-corrected chi connectivity index (χ4v) is 4.09. The van der Waals surface area contributed by atoms with Gasteiger partial charge in [-0.1, -0.05) is 19.8 Å². The van der Waals surface area contributed by atoms with E-state index in [1.807, 2.05) is 0 Å². The standard InChI is InChI=1S/C18H36N2O/c1-15-7-6-8-18(11-15,13-19-17(3,4)5)14-20-9-10-21-16(2)12-20/h15-16,19H,6-14H2,1-5H3. The second kappa shape index (κ2) is 6.97. The molecule has 1 N–H and O–H groups in total. The van der Waals surface area contributed by atoms with Crippen LogP contribution in [0, 0.1) is 11.3 Å². The first-order chi connectivity index (χ1) is 9.78. The Kier molecular flexibility index (Phi) is 5.72. The van der Waals surface area contributed by atoms with Gasteiger partial charge in [-0.2, -0.15) is 0 Å². The van der Waals surface area contributed by atoms with Crippen LogP contribution in [0.2, 0.25) is 0 Å². The lowest BCUT2D eigenvalue weighted by Gasteiger charge is -2.46. The number of morpholine rings is 1. The first kappa shape index (κ1) is 17.2. The molecular formula is C18H36N2O. The Morgan fingerprint density at radius 3 is 2.67 bits per heavy atom. The Morgan fingerprint density at radius 2 is 2.05 bits per heavy atom. The Bertz CT molecular complexity index is 326. The molecule has 1 aliphatic heterocycles. The average molecular weight is 296 g/mol. The molecule has 3 heteroatoms. The Balaban J connectivity index is 2.00. The van der Waals surface area contributed by atoms with Crippen LogP contribution in [0.3, 0.4) is 0 Å². The first-order valence-corrected chi connectivity index (χ1v) is 8.87. The lowest BCUT2D eigenvalue weighted by Crippen LogP contribution is -2.53. The zero-order valence-electron chi connectivity index (χ0n) is 14.9. The van der Waals surface area contributed by atoms with Crippen molar-refractivity contribution in [1.82, 2.24) is 10.2 Å². The predicted molar refractivity (Wildman–Crippen MR) is 89.7 cm³/mol. The molecule has 0 radical (unpaired) electrons. The van der Waals surface area contributed by atoms with Crippen molar-refractivity contribution in [1.29, 1.82) is 0 Å². The van der Waals surface area contributed by atoms with Gasteiger partial charge in [-0.25, -0.2) is 0 Å². The third-order valence-corrected chi connectivity index (χ3v) is 5.06. The molecule has 1 heterocycles. The number of nitrogens with zero attached hydrogens (tertiary/aromatic N) is 1. The molecule has 2 aliphatic rings. The quantitative estimate of drug-likeness (QED) is 0.861. The SMILES string of the molecule is CC1CCCC(CNC(C)(C)C)(CN2CCOC(C)C2)C1. The zero-order chi connectivity index (χ0) is 15.5. The smallest absolute Gasteiger partial charge is 0.0674 e. The zero-order valence-corrected chi connectivity index (χ0v) is 14.9. The van der Waals surface area contributed by atoms with E-state index >= 15 is 0 Å². The number of rotatable bonds is 4. The highest BCUT2D eigenvalue weighted by Crippen LogP contribution is 2.40. The molecule has 3 atom stereocenters. The van der Waals surface area contributed by atoms with Crippen molar-refractivity contribution in [2.24, 2.45) is 11.3 Å². The summed E-state index contributed by atoms with van der Waals surface area (Å²) < 4.78 is 5.71. The molecule has 1 saturated heterocycles. The van der Waals surface area contributed by atoms with Crippen LogP contribution in [-0.4, -0.2) is 49.3 Å². The van der Waals surface area contributed by atoms with Crippen LogP contribution >= 0.6 is 0 Å². The number of ether oxygens (including phenoxy) is 1. The maximum atomic E-state index is 5.71. The van der Waals surface area contributed by atoms with Crippen molar-refractivity contribution in [2.45, 2.75) is 71.9 Å². The van der Waals surface area contributed by atoms with E-state index < -0.39 is 0 Å². The normalized spacial score (nSPS) is 35.9. The van der Waals surface area contributed by atoms with Gasteiger partial charge in [0.15, 0.2) is 0 Å². The summed E-state index contributed by atoms with van der Waals surface area (Å²) in [6.45, 7) is 17.0. The van der Waals surface area contributed by atoms with Crippen LogP contribution in [0.4, 0.5) is 0 Å². The lowest BCUT2D eigenvalue weighted by molar-refractivity contribution is -0.0402. The minimum atomic E-state index is 0.214. The summed E-state index contributed by atoms with van der Waals surface area (Å²) in [6.07, 6.45) is 5.96. The lowest BCUT2D eigenvalue weighted by atomic mass is 9.69. The fraction of sp³-hybridized carbons (Fsp3) is 1.00. The minimum Gasteiger partial charge on any atom is -0.376 e. The van der Waals surface area contributed by atoms with E-state index in [0.29, 0.717) is 11.5 Å². The van der Waals surface area contributed by atoms with Gasteiger partial charge >= 0.3 is 0 Å². The van der Waals surface area contributed by atoms with Gasteiger partial charge in [0.1, 0.15) is 0 Å². The largest absolute Gasteiger partial charge is 0.376 e. The highest BCUT2D eigenvalue weighted by atomic mass is 16.5. The van der Waals surface area contributed by atoms with Crippen LogP contribution in [0.15, 0.2) is 0 Å². The molecular weight excluding hydrogens is 260 g/mol. The maximum absolute atomic E-state index is 5.71. The fourth-order valence-electron chi connectivity index (χ4n) is 4.09. The average Bonchev–Trinajstić information content (AvgIpc) is 2.36. The third kappa shape index (κ3) is 5.54. The van der Waals surface area contributed by atoms with E-state index in [1.54, 1.807) is 0 Å². The second-order valence-electron chi connectivity index (χ2n) is 8.72. The van der Waals surface area contributed by atoms with Gasteiger partial charge in [0.25, 0.3) is 0 Å². The Hall–Kier alpha value is -0.120. The van der Waals surface area contributed by atoms with Crippen molar-refractivity contribution >= 4 is 0 Å².